The molecule has 1 N–H and O–H groups in total. The lowest BCUT2D eigenvalue weighted by Crippen LogP contribution is -2.51. The van der Waals surface area contributed by atoms with Crippen LogP contribution in [0.15, 0.2) is 45.8 Å². The lowest BCUT2D eigenvalue weighted by Gasteiger charge is -2.34. The van der Waals surface area contributed by atoms with Crippen LogP contribution in [-0.4, -0.2) is 29.3 Å². The SMILES string of the molecule is O=C(NCc1ccoc1)C1CCCCN1C(=O)c1ccco1. The van der Waals surface area contributed by atoms with Gasteiger partial charge in [0.05, 0.1) is 18.8 Å². The third-order valence-corrected chi connectivity index (χ3v) is 3.85. The second kappa shape index (κ2) is 6.51. The maximum atomic E-state index is 12.4. The van der Waals surface area contributed by atoms with Gasteiger partial charge in [-0.3, -0.25) is 9.59 Å². The van der Waals surface area contributed by atoms with Crippen molar-refractivity contribution in [3.8, 4) is 0 Å². The molecule has 116 valence electrons. The van der Waals surface area contributed by atoms with Gasteiger partial charge in [-0.05, 0) is 37.5 Å². The normalized spacial score (nSPS) is 18.2. The summed E-state index contributed by atoms with van der Waals surface area (Å²) in [5.74, 6) is -0.0940. The van der Waals surface area contributed by atoms with Crippen molar-refractivity contribution in [2.45, 2.75) is 31.8 Å². The lowest BCUT2D eigenvalue weighted by molar-refractivity contribution is -0.126. The molecule has 2 aromatic heterocycles. The fourth-order valence-electron chi connectivity index (χ4n) is 2.69. The van der Waals surface area contributed by atoms with Crippen molar-refractivity contribution in [3.05, 3.63) is 48.3 Å². The predicted octanol–water partition coefficient (Wildman–Crippen LogP) is 2.18. The Balaban J connectivity index is 1.66. The minimum atomic E-state index is -0.446. The predicted molar refractivity (Wildman–Crippen MR) is 77.9 cm³/mol. The summed E-state index contributed by atoms with van der Waals surface area (Å²) in [6.45, 7) is 0.970. The van der Waals surface area contributed by atoms with Gasteiger partial charge in [0.1, 0.15) is 6.04 Å². The standard InChI is InChI=1S/C16H18N2O4/c19-15(17-10-12-6-9-21-11-12)13-4-1-2-7-18(13)16(20)14-5-3-8-22-14/h3,5-6,8-9,11,13H,1-2,4,7,10H2,(H,17,19). The first kappa shape index (κ1) is 14.4. The van der Waals surface area contributed by atoms with E-state index in [-0.39, 0.29) is 17.6 Å². The Morgan fingerprint density at radius 1 is 1.27 bits per heavy atom. The first-order chi connectivity index (χ1) is 10.8. The highest BCUT2D eigenvalue weighted by atomic mass is 16.3. The van der Waals surface area contributed by atoms with Gasteiger partial charge in [0.15, 0.2) is 5.76 Å². The van der Waals surface area contributed by atoms with Gasteiger partial charge in [-0.15, -0.1) is 0 Å². The molecule has 0 saturated carbocycles. The Hall–Kier alpha value is -2.50. The molecule has 2 amide bonds. The Kier molecular flexibility index (Phi) is 4.27. The Morgan fingerprint density at radius 2 is 2.18 bits per heavy atom. The highest BCUT2D eigenvalue weighted by molar-refractivity contribution is 5.95. The third-order valence-electron chi connectivity index (χ3n) is 3.85. The minimum absolute atomic E-state index is 0.138. The van der Waals surface area contributed by atoms with Crippen molar-refractivity contribution in [1.29, 1.82) is 0 Å². The van der Waals surface area contributed by atoms with Crippen LogP contribution in [-0.2, 0) is 11.3 Å². The van der Waals surface area contributed by atoms with E-state index in [4.69, 9.17) is 8.83 Å². The van der Waals surface area contributed by atoms with E-state index < -0.39 is 6.04 Å². The largest absolute Gasteiger partial charge is 0.472 e. The molecule has 6 nitrogen and oxygen atoms in total. The Morgan fingerprint density at radius 3 is 2.91 bits per heavy atom. The highest BCUT2D eigenvalue weighted by Crippen LogP contribution is 2.20. The van der Waals surface area contributed by atoms with E-state index in [1.165, 1.54) is 6.26 Å². The molecule has 1 atom stereocenters. The summed E-state index contributed by atoms with van der Waals surface area (Å²) in [4.78, 5) is 26.5. The first-order valence-corrected chi connectivity index (χ1v) is 7.39. The summed E-state index contributed by atoms with van der Waals surface area (Å²) < 4.78 is 10.1. The number of likely N-dealkylation sites (tertiary alicyclic amines) is 1. The van der Waals surface area contributed by atoms with Crippen molar-refractivity contribution < 1.29 is 18.4 Å². The fraction of sp³-hybridized carbons (Fsp3) is 0.375. The van der Waals surface area contributed by atoms with Crippen LogP contribution < -0.4 is 5.32 Å². The average Bonchev–Trinajstić information content (AvgIpc) is 3.25. The molecule has 1 fully saturated rings. The molecule has 6 heteroatoms. The van der Waals surface area contributed by atoms with E-state index in [1.54, 1.807) is 35.6 Å². The van der Waals surface area contributed by atoms with Crippen molar-refractivity contribution >= 4 is 11.8 Å². The molecule has 2 aromatic rings. The summed E-state index contributed by atoms with van der Waals surface area (Å²) in [6.07, 6.45) is 7.13. The fourth-order valence-corrected chi connectivity index (χ4v) is 2.69. The summed E-state index contributed by atoms with van der Waals surface area (Å²) >= 11 is 0. The maximum absolute atomic E-state index is 12.4. The lowest BCUT2D eigenvalue weighted by atomic mass is 10.0. The molecule has 3 rings (SSSR count). The molecule has 0 aliphatic carbocycles. The summed E-state index contributed by atoms with van der Waals surface area (Å²) in [7, 11) is 0. The van der Waals surface area contributed by atoms with E-state index in [0.717, 1.165) is 18.4 Å². The summed E-state index contributed by atoms with van der Waals surface area (Å²) in [6, 6.07) is 4.65. The van der Waals surface area contributed by atoms with Crippen molar-refractivity contribution in [2.24, 2.45) is 0 Å². The zero-order valence-corrected chi connectivity index (χ0v) is 12.2. The monoisotopic (exact) mass is 302 g/mol. The molecule has 0 radical (unpaired) electrons. The molecular formula is C16H18N2O4. The van der Waals surface area contributed by atoms with Gasteiger partial charge in [0.25, 0.3) is 5.91 Å². The van der Waals surface area contributed by atoms with E-state index in [0.29, 0.717) is 19.5 Å². The molecule has 0 aromatic carbocycles. The number of nitrogens with one attached hydrogen (secondary N) is 1. The topological polar surface area (TPSA) is 75.7 Å². The van der Waals surface area contributed by atoms with Crippen molar-refractivity contribution in [1.82, 2.24) is 10.2 Å². The smallest absolute Gasteiger partial charge is 0.290 e. The number of carbonyl (C=O) groups excluding carboxylic acids is 2. The highest BCUT2D eigenvalue weighted by Gasteiger charge is 2.33. The van der Waals surface area contributed by atoms with Gasteiger partial charge in [0.2, 0.25) is 5.91 Å². The zero-order chi connectivity index (χ0) is 15.4. The minimum Gasteiger partial charge on any atom is -0.472 e. The van der Waals surface area contributed by atoms with Crippen molar-refractivity contribution in [3.63, 3.8) is 0 Å². The van der Waals surface area contributed by atoms with Gasteiger partial charge >= 0.3 is 0 Å². The van der Waals surface area contributed by atoms with Crippen LogP contribution >= 0.6 is 0 Å². The number of hydrogen-bond donors (Lipinski definition) is 1. The number of hydrogen-bond acceptors (Lipinski definition) is 4. The molecule has 1 aliphatic heterocycles. The molecule has 0 bridgehead atoms. The van der Waals surface area contributed by atoms with Crippen LogP contribution in [0.1, 0.15) is 35.4 Å². The molecule has 22 heavy (non-hydrogen) atoms. The van der Waals surface area contributed by atoms with E-state index >= 15 is 0 Å². The number of furan rings is 2. The van der Waals surface area contributed by atoms with Crippen molar-refractivity contribution in [2.75, 3.05) is 6.54 Å². The van der Waals surface area contributed by atoms with Crippen LogP contribution in [0.3, 0.4) is 0 Å². The van der Waals surface area contributed by atoms with E-state index in [1.807, 2.05) is 0 Å². The van der Waals surface area contributed by atoms with Crippen LogP contribution in [0.5, 0.6) is 0 Å². The van der Waals surface area contributed by atoms with Crippen LogP contribution in [0.2, 0.25) is 0 Å². The van der Waals surface area contributed by atoms with Crippen LogP contribution in [0, 0.1) is 0 Å². The van der Waals surface area contributed by atoms with Gasteiger partial charge < -0.3 is 19.1 Å². The maximum Gasteiger partial charge on any atom is 0.290 e. The van der Waals surface area contributed by atoms with Gasteiger partial charge in [-0.1, -0.05) is 0 Å². The zero-order valence-electron chi connectivity index (χ0n) is 12.2. The number of piperidine rings is 1. The summed E-state index contributed by atoms with van der Waals surface area (Å²) in [5.41, 5.74) is 0.896. The van der Waals surface area contributed by atoms with E-state index in [9.17, 15) is 9.59 Å². The summed E-state index contributed by atoms with van der Waals surface area (Å²) in [5, 5.41) is 2.86. The third kappa shape index (κ3) is 3.05. The second-order valence-corrected chi connectivity index (χ2v) is 5.34. The Labute approximate surface area is 128 Å². The van der Waals surface area contributed by atoms with Crippen LogP contribution in [0.4, 0.5) is 0 Å². The quantitative estimate of drug-likeness (QED) is 0.939. The molecule has 1 unspecified atom stereocenters. The number of carbonyl (C=O) groups is 2. The molecular weight excluding hydrogens is 284 g/mol. The Bertz CT molecular complexity index is 619. The van der Waals surface area contributed by atoms with Crippen LogP contribution in [0.25, 0.3) is 0 Å². The molecule has 1 aliphatic rings. The molecule has 1 saturated heterocycles. The molecule has 0 spiro atoms. The average molecular weight is 302 g/mol. The van der Waals surface area contributed by atoms with Gasteiger partial charge in [0, 0.05) is 18.7 Å². The number of rotatable bonds is 4. The number of amides is 2. The van der Waals surface area contributed by atoms with Gasteiger partial charge in [-0.25, -0.2) is 0 Å². The first-order valence-electron chi connectivity index (χ1n) is 7.39. The van der Waals surface area contributed by atoms with Gasteiger partial charge in [-0.2, -0.15) is 0 Å². The molecule has 3 heterocycles. The van der Waals surface area contributed by atoms with E-state index in [2.05, 4.69) is 5.32 Å². The number of nitrogens with zero attached hydrogens (tertiary/aromatic N) is 1. The second-order valence-electron chi connectivity index (χ2n) is 5.34.